The summed E-state index contributed by atoms with van der Waals surface area (Å²) in [6, 6.07) is 5.93. The minimum Gasteiger partial charge on any atom is -0.352 e. The molecule has 0 aliphatic heterocycles. The Kier molecular flexibility index (Phi) is 4.06. The number of amides is 1. The second-order valence-corrected chi connectivity index (χ2v) is 5.75. The van der Waals surface area contributed by atoms with Gasteiger partial charge in [-0.1, -0.05) is 6.07 Å². The number of nitrogens with zero attached hydrogens (tertiary/aromatic N) is 3. The molecule has 2 N–H and O–H groups in total. The summed E-state index contributed by atoms with van der Waals surface area (Å²) in [7, 11) is 0. The monoisotopic (exact) mass is 309 g/mol. The van der Waals surface area contributed by atoms with Crippen LogP contribution in [0.2, 0.25) is 0 Å². The summed E-state index contributed by atoms with van der Waals surface area (Å²) in [6.07, 6.45) is 2.30. The van der Waals surface area contributed by atoms with Gasteiger partial charge in [0.05, 0.1) is 23.0 Å². The maximum absolute atomic E-state index is 12.6. The van der Waals surface area contributed by atoms with Gasteiger partial charge < -0.3 is 5.32 Å². The van der Waals surface area contributed by atoms with E-state index in [2.05, 4.69) is 31.8 Å². The van der Waals surface area contributed by atoms with Crippen molar-refractivity contribution in [3.63, 3.8) is 0 Å². The zero-order chi connectivity index (χ0) is 16.4. The maximum Gasteiger partial charge on any atom is 0.252 e. The molecule has 23 heavy (non-hydrogen) atoms. The summed E-state index contributed by atoms with van der Waals surface area (Å²) in [5.41, 5.74) is 5.41. The van der Waals surface area contributed by atoms with Crippen LogP contribution < -0.4 is 5.32 Å². The van der Waals surface area contributed by atoms with Crippen LogP contribution in [0.15, 0.2) is 24.4 Å². The van der Waals surface area contributed by atoms with Gasteiger partial charge in [0.15, 0.2) is 0 Å². The number of carbonyl (C=O) groups is 1. The molecular weight excluding hydrogens is 290 g/mol. The van der Waals surface area contributed by atoms with Gasteiger partial charge in [-0.2, -0.15) is 15.4 Å². The number of fused-ring (bicyclic) bond motifs is 1. The predicted octanol–water partition coefficient (Wildman–Crippen LogP) is 2.25. The highest BCUT2D eigenvalue weighted by atomic mass is 16.1. The number of aromatic amines is 1. The number of aryl methyl sites for hydroxylation is 3. The molecule has 2 aromatic heterocycles. The molecule has 6 nitrogen and oxygen atoms in total. The molecule has 0 bridgehead atoms. The Labute approximate surface area is 134 Å². The van der Waals surface area contributed by atoms with Crippen LogP contribution in [0.1, 0.15) is 32.9 Å². The van der Waals surface area contributed by atoms with Crippen molar-refractivity contribution < 1.29 is 4.79 Å². The van der Waals surface area contributed by atoms with Gasteiger partial charge in [0, 0.05) is 24.0 Å². The van der Waals surface area contributed by atoms with Crippen LogP contribution >= 0.6 is 0 Å². The Morgan fingerprint density at radius 2 is 2.04 bits per heavy atom. The number of rotatable bonds is 4. The second-order valence-electron chi connectivity index (χ2n) is 5.75. The normalized spacial score (nSPS) is 10.9. The van der Waals surface area contributed by atoms with E-state index in [9.17, 15) is 4.79 Å². The number of benzene rings is 1. The minimum absolute atomic E-state index is 0.0871. The molecule has 0 aliphatic rings. The molecule has 1 amide bonds. The summed E-state index contributed by atoms with van der Waals surface area (Å²) < 4.78 is 0. The average molecular weight is 309 g/mol. The molecule has 3 aromatic rings. The predicted molar refractivity (Wildman–Crippen MR) is 88.4 cm³/mol. The van der Waals surface area contributed by atoms with E-state index >= 15 is 0 Å². The molecular formula is C17H19N5O. The first-order valence-electron chi connectivity index (χ1n) is 7.56. The smallest absolute Gasteiger partial charge is 0.252 e. The Morgan fingerprint density at radius 1 is 1.22 bits per heavy atom. The third kappa shape index (κ3) is 3.21. The van der Waals surface area contributed by atoms with Crippen molar-refractivity contribution in [1.29, 1.82) is 0 Å². The Morgan fingerprint density at radius 3 is 2.78 bits per heavy atom. The summed E-state index contributed by atoms with van der Waals surface area (Å²) in [5, 5.41) is 14.2. The zero-order valence-electron chi connectivity index (χ0n) is 13.5. The molecule has 0 saturated heterocycles. The van der Waals surface area contributed by atoms with Crippen LogP contribution in [0, 0.1) is 20.8 Å². The molecule has 0 aliphatic carbocycles. The molecule has 2 heterocycles. The van der Waals surface area contributed by atoms with E-state index in [-0.39, 0.29) is 5.91 Å². The van der Waals surface area contributed by atoms with Crippen LogP contribution in [0.25, 0.3) is 10.9 Å². The number of carbonyl (C=O) groups excluding carboxylic acids is 1. The molecule has 3 rings (SSSR count). The third-order valence-electron chi connectivity index (χ3n) is 3.75. The molecule has 0 fully saturated rings. The van der Waals surface area contributed by atoms with Gasteiger partial charge in [-0.3, -0.25) is 9.78 Å². The first kappa shape index (κ1) is 15.1. The molecule has 1 aromatic carbocycles. The second kappa shape index (κ2) is 6.16. The van der Waals surface area contributed by atoms with E-state index in [1.807, 2.05) is 32.9 Å². The van der Waals surface area contributed by atoms with E-state index in [0.29, 0.717) is 18.5 Å². The quantitative estimate of drug-likeness (QED) is 0.774. The SMILES string of the molecule is Cc1cc(C)c2c(C(=O)NCCc3cn[nH]n3)cc(C)nc2c1. The Bertz CT molecular complexity index is 850. The minimum atomic E-state index is -0.0871. The van der Waals surface area contributed by atoms with Crippen molar-refractivity contribution in [3.8, 4) is 0 Å². The highest BCUT2D eigenvalue weighted by Gasteiger charge is 2.14. The van der Waals surface area contributed by atoms with Crippen LogP contribution in [0.5, 0.6) is 0 Å². The van der Waals surface area contributed by atoms with Crippen LogP contribution in [0.4, 0.5) is 0 Å². The average Bonchev–Trinajstić information content (AvgIpc) is 2.98. The number of nitrogens with one attached hydrogen (secondary N) is 2. The van der Waals surface area contributed by atoms with E-state index in [0.717, 1.165) is 33.4 Å². The number of hydrogen-bond donors (Lipinski definition) is 2. The third-order valence-corrected chi connectivity index (χ3v) is 3.75. The zero-order valence-corrected chi connectivity index (χ0v) is 13.5. The number of pyridine rings is 1. The lowest BCUT2D eigenvalue weighted by Crippen LogP contribution is -2.26. The van der Waals surface area contributed by atoms with Gasteiger partial charge in [0.25, 0.3) is 5.91 Å². The van der Waals surface area contributed by atoms with Crippen LogP contribution in [0.3, 0.4) is 0 Å². The number of hydrogen-bond acceptors (Lipinski definition) is 4. The van der Waals surface area contributed by atoms with Gasteiger partial charge in [-0.25, -0.2) is 0 Å². The first-order chi connectivity index (χ1) is 11.0. The van der Waals surface area contributed by atoms with Gasteiger partial charge >= 0.3 is 0 Å². The molecule has 0 radical (unpaired) electrons. The van der Waals surface area contributed by atoms with Gasteiger partial charge in [-0.05, 0) is 44.0 Å². The lowest BCUT2D eigenvalue weighted by atomic mass is 10.00. The summed E-state index contributed by atoms with van der Waals surface area (Å²) >= 11 is 0. The summed E-state index contributed by atoms with van der Waals surface area (Å²) in [4.78, 5) is 17.2. The van der Waals surface area contributed by atoms with Gasteiger partial charge in [0.1, 0.15) is 0 Å². The molecule has 0 atom stereocenters. The van der Waals surface area contributed by atoms with Crippen LogP contribution in [-0.2, 0) is 6.42 Å². The maximum atomic E-state index is 12.6. The van der Waals surface area contributed by atoms with Crippen molar-refractivity contribution in [2.24, 2.45) is 0 Å². The summed E-state index contributed by atoms with van der Waals surface area (Å²) in [6.45, 7) is 6.47. The number of aromatic nitrogens is 4. The Hall–Kier alpha value is -2.76. The van der Waals surface area contributed by atoms with E-state index in [1.165, 1.54) is 0 Å². The largest absolute Gasteiger partial charge is 0.352 e. The van der Waals surface area contributed by atoms with E-state index < -0.39 is 0 Å². The molecule has 0 saturated carbocycles. The van der Waals surface area contributed by atoms with Crippen molar-refractivity contribution >= 4 is 16.8 Å². The van der Waals surface area contributed by atoms with E-state index in [1.54, 1.807) is 6.20 Å². The van der Waals surface area contributed by atoms with Crippen molar-refractivity contribution in [2.45, 2.75) is 27.2 Å². The van der Waals surface area contributed by atoms with Crippen molar-refractivity contribution in [3.05, 3.63) is 52.5 Å². The topological polar surface area (TPSA) is 83.6 Å². The highest BCUT2D eigenvalue weighted by molar-refractivity contribution is 6.07. The summed E-state index contributed by atoms with van der Waals surface area (Å²) in [5.74, 6) is -0.0871. The fourth-order valence-electron chi connectivity index (χ4n) is 2.81. The number of H-pyrrole nitrogens is 1. The fraction of sp³-hybridized carbons (Fsp3) is 0.294. The lowest BCUT2D eigenvalue weighted by molar-refractivity contribution is 0.0955. The van der Waals surface area contributed by atoms with Crippen molar-refractivity contribution in [1.82, 2.24) is 25.7 Å². The van der Waals surface area contributed by atoms with E-state index in [4.69, 9.17) is 0 Å². The van der Waals surface area contributed by atoms with Gasteiger partial charge in [-0.15, -0.1) is 0 Å². The van der Waals surface area contributed by atoms with Crippen LogP contribution in [-0.4, -0.2) is 32.8 Å². The fourth-order valence-corrected chi connectivity index (χ4v) is 2.81. The highest BCUT2D eigenvalue weighted by Crippen LogP contribution is 2.24. The molecule has 6 heteroatoms. The lowest BCUT2D eigenvalue weighted by Gasteiger charge is -2.11. The molecule has 0 unspecified atom stereocenters. The van der Waals surface area contributed by atoms with Gasteiger partial charge in [0.2, 0.25) is 0 Å². The van der Waals surface area contributed by atoms with Crippen molar-refractivity contribution in [2.75, 3.05) is 6.54 Å². The standard InChI is InChI=1S/C17H19N5O/c1-10-6-11(2)16-14(8-12(3)20-15(16)7-10)17(23)18-5-4-13-9-19-22-21-13/h6-9H,4-5H2,1-3H3,(H,18,23)(H,19,21,22). The molecule has 118 valence electrons. The Balaban J connectivity index is 1.87. The molecule has 0 spiro atoms. The first-order valence-corrected chi connectivity index (χ1v) is 7.56.